The SMILES string of the molecule is COc1ncccc1CNC(=O)N1CCCC(C)C1. The lowest BCUT2D eigenvalue weighted by Gasteiger charge is -2.31. The minimum atomic E-state index is -0.00236. The molecular formula is C14H21N3O2. The highest BCUT2D eigenvalue weighted by Gasteiger charge is 2.20. The Hall–Kier alpha value is -1.78. The fraction of sp³-hybridized carbons (Fsp3) is 0.571. The van der Waals surface area contributed by atoms with Gasteiger partial charge in [-0.3, -0.25) is 0 Å². The number of likely N-dealkylation sites (tertiary alicyclic amines) is 1. The normalized spacial score (nSPS) is 19.1. The Bertz CT molecular complexity index is 436. The van der Waals surface area contributed by atoms with Crippen molar-refractivity contribution < 1.29 is 9.53 Å². The molecule has 5 nitrogen and oxygen atoms in total. The van der Waals surface area contributed by atoms with Crippen LogP contribution in [0.2, 0.25) is 0 Å². The Morgan fingerprint density at radius 2 is 2.47 bits per heavy atom. The van der Waals surface area contributed by atoms with Gasteiger partial charge in [0.05, 0.1) is 7.11 Å². The maximum absolute atomic E-state index is 12.1. The van der Waals surface area contributed by atoms with Gasteiger partial charge in [-0.1, -0.05) is 13.0 Å². The summed E-state index contributed by atoms with van der Waals surface area (Å²) in [4.78, 5) is 18.1. The van der Waals surface area contributed by atoms with Gasteiger partial charge < -0.3 is 15.0 Å². The van der Waals surface area contributed by atoms with Crippen molar-refractivity contribution in [2.75, 3.05) is 20.2 Å². The van der Waals surface area contributed by atoms with Gasteiger partial charge in [-0.25, -0.2) is 9.78 Å². The molecule has 0 spiro atoms. The number of ether oxygens (including phenoxy) is 1. The summed E-state index contributed by atoms with van der Waals surface area (Å²) in [6.45, 7) is 4.32. The van der Waals surface area contributed by atoms with Gasteiger partial charge in [0.2, 0.25) is 5.88 Å². The van der Waals surface area contributed by atoms with Gasteiger partial charge in [-0.2, -0.15) is 0 Å². The molecule has 2 heterocycles. The van der Waals surface area contributed by atoms with Crippen molar-refractivity contribution in [2.24, 2.45) is 5.92 Å². The summed E-state index contributed by atoms with van der Waals surface area (Å²) in [7, 11) is 1.58. The topological polar surface area (TPSA) is 54.5 Å². The smallest absolute Gasteiger partial charge is 0.317 e. The van der Waals surface area contributed by atoms with Gasteiger partial charge in [-0.05, 0) is 24.8 Å². The molecule has 1 atom stereocenters. The van der Waals surface area contributed by atoms with E-state index < -0.39 is 0 Å². The third kappa shape index (κ3) is 3.59. The minimum absolute atomic E-state index is 0.00236. The molecule has 1 aromatic heterocycles. The summed E-state index contributed by atoms with van der Waals surface area (Å²) >= 11 is 0. The molecule has 19 heavy (non-hydrogen) atoms. The summed E-state index contributed by atoms with van der Waals surface area (Å²) in [5.74, 6) is 1.15. The van der Waals surface area contributed by atoms with Crippen molar-refractivity contribution in [1.29, 1.82) is 0 Å². The predicted octanol–water partition coefficient (Wildman–Crippen LogP) is 2.03. The fourth-order valence-corrected chi connectivity index (χ4v) is 2.40. The molecule has 1 N–H and O–H groups in total. The van der Waals surface area contributed by atoms with Crippen LogP contribution in [-0.2, 0) is 6.54 Å². The number of pyridine rings is 1. The highest BCUT2D eigenvalue weighted by molar-refractivity contribution is 5.74. The number of carbonyl (C=O) groups excluding carboxylic acids is 1. The first-order valence-electron chi connectivity index (χ1n) is 6.71. The van der Waals surface area contributed by atoms with Crippen LogP contribution < -0.4 is 10.1 Å². The van der Waals surface area contributed by atoms with Crippen molar-refractivity contribution in [3.63, 3.8) is 0 Å². The summed E-state index contributed by atoms with van der Waals surface area (Å²) < 4.78 is 5.16. The second-order valence-electron chi connectivity index (χ2n) is 5.02. The van der Waals surface area contributed by atoms with E-state index in [9.17, 15) is 4.79 Å². The molecule has 1 aliphatic rings. The highest BCUT2D eigenvalue weighted by Crippen LogP contribution is 2.16. The number of nitrogens with zero attached hydrogens (tertiary/aromatic N) is 2. The second kappa shape index (κ2) is 6.41. The zero-order valence-corrected chi connectivity index (χ0v) is 11.6. The van der Waals surface area contributed by atoms with Crippen LogP contribution in [0.25, 0.3) is 0 Å². The van der Waals surface area contributed by atoms with Crippen LogP contribution >= 0.6 is 0 Å². The van der Waals surface area contributed by atoms with E-state index in [1.54, 1.807) is 13.3 Å². The Balaban J connectivity index is 1.89. The summed E-state index contributed by atoms with van der Waals surface area (Å²) in [6.07, 6.45) is 3.97. The summed E-state index contributed by atoms with van der Waals surface area (Å²) in [5, 5.41) is 2.93. The number of hydrogen-bond acceptors (Lipinski definition) is 3. The molecular weight excluding hydrogens is 242 g/mol. The van der Waals surface area contributed by atoms with E-state index in [1.807, 2.05) is 17.0 Å². The standard InChI is InChI=1S/C14H21N3O2/c1-11-5-4-8-17(10-11)14(18)16-9-12-6-3-7-15-13(12)19-2/h3,6-7,11H,4-5,8-10H2,1-2H3,(H,16,18). The van der Waals surface area contributed by atoms with E-state index in [0.717, 1.165) is 25.1 Å². The molecule has 1 aromatic rings. The molecule has 0 bridgehead atoms. The quantitative estimate of drug-likeness (QED) is 0.908. The van der Waals surface area contributed by atoms with E-state index in [2.05, 4.69) is 17.2 Å². The number of carbonyl (C=O) groups is 1. The van der Waals surface area contributed by atoms with Crippen molar-refractivity contribution in [3.8, 4) is 5.88 Å². The number of urea groups is 1. The molecule has 1 fully saturated rings. The summed E-state index contributed by atoms with van der Waals surface area (Å²) in [6, 6.07) is 3.75. The minimum Gasteiger partial charge on any atom is -0.481 e. The molecule has 1 unspecified atom stereocenters. The average Bonchev–Trinajstić information content (AvgIpc) is 2.45. The van der Waals surface area contributed by atoms with Crippen LogP contribution in [0.5, 0.6) is 5.88 Å². The van der Waals surface area contributed by atoms with Gasteiger partial charge >= 0.3 is 6.03 Å². The molecule has 0 aliphatic carbocycles. The monoisotopic (exact) mass is 263 g/mol. The Kier molecular flexibility index (Phi) is 4.60. The number of amides is 2. The predicted molar refractivity (Wildman–Crippen MR) is 73.0 cm³/mol. The zero-order chi connectivity index (χ0) is 13.7. The number of rotatable bonds is 3. The number of methoxy groups -OCH3 is 1. The Morgan fingerprint density at radius 1 is 1.63 bits per heavy atom. The molecule has 0 saturated carbocycles. The molecule has 1 aliphatic heterocycles. The highest BCUT2D eigenvalue weighted by atomic mass is 16.5. The van der Waals surface area contributed by atoms with Gasteiger partial charge in [0, 0.05) is 31.4 Å². The molecule has 5 heteroatoms. The van der Waals surface area contributed by atoms with E-state index >= 15 is 0 Å². The van der Waals surface area contributed by atoms with E-state index in [-0.39, 0.29) is 6.03 Å². The van der Waals surface area contributed by atoms with E-state index in [0.29, 0.717) is 18.3 Å². The lowest BCUT2D eigenvalue weighted by molar-refractivity contribution is 0.169. The largest absolute Gasteiger partial charge is 0.481 e. The lowest BCUT2D eigenvalue weighted by atomic mass is 10.0. The van der Waals surface area contributed by atoms with Crippen LogP contribution in [0.15, 0.2) is 18.3 Å². The first-order valence-corrected chi connectivity index (χ1v) is 6.71. The Labute approximate surface area is 114 Å². The van der Waals surface area contributed by atoms with Gasteiger partial charge in [-0.15, -0.1) is 0 Å². The number of aromatic nitrogens is 1. The van der Waals surface area contributed by atoms with E-state index in [4.69, 9.17) is 4.74 Å². The molecule has 104 valence electrons. The molecule has 0 radical (unpaired) electrons. The number of piperidine rings is 1. The Morgan fingerprint density at radius 3 is 3.21 bits per heavy atom. The number of nitrogens with one attached hydrogen (secondary N) is 1. The maximum Gasteiger partial charge on any atom is 0.317 e. The van der Waals surface area contributed by atoms with Gasteiger partial charge in [0.15, 0.2) is 0 Å². The maximum atomic E-state index is 12.1. The van der Waals surface area contributed by atoms with Gasteiger partial charge in [0.1, 0.15) is 0 Å². The first-order chi connectivity index (χ1) is 9.20. The van der Waals surface area contributed by atoms with Crippen LogP contribution in [0.1, 0.15) is 25.3 Å². The van der Waals surface area contributed by atoms with Crippen LogP contribution in [0, 0.1) is 5.92 Å². The van der Waals surface area contributed by atoms with E-state index in [1.165, 1.54) is 6.42 Å². The van der Waals surface area contributed by atoms with Gasteiger partial charge in [0.25, 0.3) is 0 Å². The molecule has 2 rings (SSSR count). The molecule has 1 saturated heterocycles. The third-order valence-electron chi connectivity index (χ3n) is 3.42. The number of hydrogen-bond donors (Lipinski definition) is 1. The lowest BCUT2D eigenvalue weighted by Crippen LogP contribution is -2.44. The van der Waals surface area contributed by atoms with Crippen LogP contribution in [0.3, 0.4) is 0 Å². The summed E-state index contributed by atoms with van der Waals surface area (Å²) in [5.41, 5.74) is 0.892. The zero-order valence-electron chi connectivity index (χ0n) is 11.6. The molecule has 0 aromatic carbocycles. The van der Waals surface area contributed by atoms with Crippen LogP contribution in [0.4, 0.5) is 4.79 Å². The molecule has 2 amide bonds. The van der Waals surface area contributed by atoms with Crippen molar-refractivity contribution in [3.05, 3.63) is 23.9 Å². The van der Waals surface area contributed by atoms with Crippen molar-refractivity contribution in [2.45, 2.75) is 26.3 Å². The fourth-order valence-electron chi connectivity index (χ4n) is 2.40. The third-order valence-corrected chi connectivity index (χ3v) is 3.42. The first kappa shape index (κ1) is 13.6. The van der Waals surface area contributed by atoms with Crippen molar-refractivity contribution in [1.82, 2.24) is 15.2 Å². The van der Waals surface area contributed by atoms with Crippen LogP contribution in [-0.4, -0.2) is 36.1 Å². The average molecular weight is 263 g/mol. The second-order valence-corrected chi connectivity index (χ2v) is 5.02. The van der Waals surface area contributed by atoms with Crippen molar-refractivity contribution >= 4 is 6.03 Å².